The molecule has 0 radical (unpaired) electrons. The summed E-state index contributed by atoms with van der Waals surface area (Å²) in [5.41, 5.74) is 0.252. The van der Waals surface area contributed by atoms with E-state index in [0.29, 0.717) is 20.2 Å². The summed E-state index contributed by atoms with van der Waals surface area (Å²) in [6, 6.07) is 3.39. The van der Waals surface area contributed by atoms with E-state index in [1.165, 1.54) is 34.2 Å². The highest BCUT2D eigenvalue weighted by molar-refractivity contribution is 9.10. The molecule has 3 heterocycles. The van der Waals surface area contributed by atoms with Gasteiger partial charge in [-0.15, -0.1) is 0 Å². The van der Waals surface area contributed by atoms with Gasteiger partial charge in [0.05, 0.1) is 5.22 Å². The molecular weight excluding hydrogens is 408 g/mol. The molecule has 4 rings (SSSR count). The van der Waals surface area contributed by atoms with Crippen LogP contribution in [0, 0.1) is 5.41 Å². The molecule has 0 atom stereocenters. The first-order chi connectivity index (χ1) is 12.0. The van der Waals surface area contributed by atoms with Crippen molar-refractivity contribution in [2.45, 2.75) is 0 Å². The van der Waals surface area contributed by atoms with Crippen molar-refractivity contribution in [2.24, 2.45) is 0 Å². The Morgan fingerprint density at radius 1 is 1.24 bits per heavy atom. The molecule has 7 nitrogen and oxygen atoms in total. The van der Waals surface area contributed by atoms with Crippen LogP contribution in [0.2, 0.25) is 0 Å². The molecule has 0 saturated heterocycles. The van der Waals surface area contributed by atoms with Gasteiger partial charge in [0.1, 0.15) is 10.4 Å². The second-order valence-corrected chi connectivity index (χ2v) is 6.91. The van der Waals surface area contributed by atoms with Crippen LogP contribution in [0.1, 0.15) is 5.76 Å². The lowest BCUT2D eigenvalue weighted by molar-refractivity contribution is -0.110. The largest absolute Gasteiger partial charge is 0.450 e. The number of furan rings is 1. The number of fused-ring (bicyclic) bond motifs is 1. The molecule has 0 fully saturated rings. The van der Waals surface area contributed by atoms with Crippen molar-refractivity contribution in [1.29, 1.82) is 5.41 Å². The van der Waals surface area contributed by atoms with Crippen LogP contribution in [0.3, 0.4) is 0 Å². The molecule has 0 aromatic carbocycles. The fourth-order valence-electron chi connectivity index (χ4n) is 2.31. The monoisotopic (exact) mass is 416 g/mol. The Hall–Kier alpha value is -2.78. The maximum Gasteiger partial charge on any atom is 0.283 e. The van der Waals surface area contributed by atoms with Gasteiger partial charge in [-0.25, -0.2) is 4.68 Å². The van der Waals surface area contributed by atoms with E-state index in [-0.39, 0.29) is 16.5 Å². The van der Waals surface area contributed by atoms with Crippen LogP contribution in [-0.4, -0.2) is 20.5 Å². The maximum absolute atomic E-state index is 12.3. The van der Waals surface area contributed by atoms with Gasteiger partial charge in [0.2, 0.25) is 5.13 Å². The zero-order valence-electron chi connectivity index (χ0n) is 12.4. The zero-order chi connectivity index (χ0) is 17.6. The molecule has 0 bridgehead atoms. The third-order valence-corrected chi connectivity index (χ3v) is 4.92. The summed E-state index contributed by atoms with van der Waals surface area (Å²) in [5, 5.41) is 11.8. The fourth-order valence-corrected chi connectivity index (χ4v) is 3.56. The van der Waals surface area contributed by atoms with Crippen LogP contribution in [0.25, 0.3) is 16.8 Å². The number of H-pyrrole nitrogens is 1. The van der Waals surface area contributed by atoms with Gasteiger partial charge in [-0.05, 0) is 58.4 Å². The molecule has 3 aliphatic rings. The Bertz CT molecular complexity index is 1250. The van der Waals surface area contributed by atoms with E-state index in [9.17, 15) is 9.59 Å². The summed E-state index contributed by atoms with van der Waals surface area (Å²) in [6.07, 6.45) is 7.76. The molecule has 1 aromatic heterocycles. The number of ketones is 1. The minimum atomic E-state index is -0.505. The van der Waals surface area contributed by atoms with Crippen molar-refractivity contribution in [2.75, 3.05) is 0 Å². The van der Waals surface area contributed by atoms with E-state index in [2.05, 4.69) is 26.0 Å². The van der Waals surface area contributed by atoms with Gasteiger partial charge in [-0.3, -0.25) is 20.1 Å². The molecule has 2 aliphatic heterocycles. The average molecular weight is 417 g/mol. The number of carbonyl (C=O) groups excluding carboxylic acids is 1. The normalized spacial score (nSPS) is 14.8. The quantitative estimate of drug-likeness (QED) is 0.604. The van der Waals surface area contributed by atoms with E-state index in [0.717, 1.165) is 5.57 Å². The molecule has 25 heavy (non-hydrogen) atoms. The number of nitrogens with one attached hydrogen (secondary N) is 2. The number of allylic oxidation sites excluding steroid dienone is 4. The van der Waals surface area contributed by atoms with E-state index >= 15 is 0 Å². The van der Waals surface area contributed by atoms with Gasteiger partial charge in [0.25, 0.3) is 5.56 Å². The molecule has 124 valence electrons. The average Bonchev–Trinajstić information content (AvgIpc) is 3.18. The fraction of sp³-hybridized carbons (Fsp3) is 0. The Morgan fingerprint density at radius 2 is 2.00 bits per heavy atom. The number of nitrogens with zero attached hydrogens (tertiary/aromatic N) is 2. The van der Waals surface area contributed by atoms with Gasteiger partial charge >= 0.3 is 0 Å². The summed E-state index contributed by atoms with van der Waals surface area (Å²) in [7, 11) is 0. The van der Waals surface area contributed by atoms with E-state index in [4.69, 9.17) is 9.83 Å². The summed E-state index contributed by atoms with van der Waals surface area (Å²) in [5.74, 6) is 0.362. The van der Waals surface area contributed by atoms with Crippen molar-refractivity contribution in [1.82, 2.24) is 14.8 Å². The van der Waals surface area contributed by atoms with Crippen molar-refractivity contribution in [3.63, 3.8) is 0 Å². The number of aromatic amines is 1. The van der Waals surface area contributed by atoms with E-state index < -0.39 is 5.56 Å². The number of carbonyl (C=O) groups is 1. The Balaban J connectivity index is 1.98. The van der Waals surface area contributed by atoms with Gasteiger partial charge in [-0.1, -0.05) is 11.3 Å². The number of rotatable bonds is 1. The van der Waals surface area contributed by atoms with Crippen molar-refractivity contribution < 1.29 is 9.21 Å². The van der Waals surface area contributed by atoms with E-state index in [1.807, 2.05) is 0 Å². The zero-order valence-corrected chi connectivity index (χ0v) is 14.8. The van der Waals surface area contributed by atoms with Crippen LogP contribution in [-0.2, 0) is 4.79 Å². The number of hydrogen-bond donors (Lipinski definition) is 2. The highest BCUT2D eigenvalue weighted by atomic mass is 79.9. The van der Waals surface area contributed by atoms with Crippen molar-refractivity contribution in [3.05, 3.63) is 72.6 Å². The third kappa shape index (κ3) is 2.87. The van der Waals surface area contributed by atoms with Crippen LogP contribution in [0.4, 0.5) is 0 Å². The molecular formula is C16H9BrN4O3S. The van der Waals surface area contributed by atoms with E-state index in [1.54, 1.807) is 24.3 Å². The number of aromatic nitrogens is 3. The molecule has 0 unspecified atom stereocenters. The molecule has 0 spiro atoms. The van der Waals surface area contributed by atoms with Gasteiger partial charge in [-0.2, -0.15) is 4.98 Å². The van der Waals surface area contributed by atoms with Crippen LogP contribution < -0.4 is 20.9 Å². The summed E-state index contributed by atoms with van der Waals surface area (Å²) < 4.78 is 8.01. The molecule has 2 N–H and O–H groups in total. The summed E-state index contributed by atoms with van der Waals surface area (Å²) >= 11 is 4.43. The van der Waals surface area contributed by atoms with Crippen molar-refractivity contribution >= 4 is 44.7 Å². The molecule has 1 aromatic rings. The standard InChI is InChI=1S/C16H9BrN4O3S/c17-12-6-5-10(24-12)7-11-13(18)21-16(19-14(11)23)25-15(20-21)8-1-3-9(22)4-2-8/h1-7,18,20H/b11-7+,18-13?. The highest BCUT2D eigenvalue weighted by Gasteiger charge is 2.12. The van der Waals surface area contributed by atoms with Gasteiger partial charge in [0.15, 0.2) is 15.9 Å². The summed E-state index contributed by atoms with van der Waals surface area (Å²) in [6.45, 7) is 0. The Kier molecular flexibility index (Phi) is 3.74. The smallest absolute Gasteiger partial charge is 0.283 e. The predicted octanol–water partition coefficient (Wildman–Crippen LogP) is 0.569. The van der Waals surface area contributed by atoms with Crippen LogP contribution >= 0.6 is 27.3 Å². The number of halogens is 1. The molecule has 0 amide bonds. The second-order valence-electron chi connectivity index (χ2n) is 5.15. The minimum absolute atomic E-state index is 0.0227. The Morgan fingerprint density at radius 3 is 2.68 bits per heavy atom. The first-order valence-corrected chi connectivity index (χ1v) is 8.70. The van der Waals surface area contributed by atoms with Crippen molar-refractivity contribution in [3.8, 4) is 5.13 Å². The molecule has 1 aliphatic carbocycles. The van der Waals surface area contributed by atoms with Crippen LogP contribution in [0.5, 0.6) is 0 Å². The minimum Gasteiger partial charge on any atom is -0.450 e. The Labute approximate surface area is 151 Å². The lowest BCUT2D eigenvalue weighted by atomic mass is 10.1. The van der Waals surface area contributed by atoms with Gasteiger partial charge < -0.3 is 4.42 Å². The van der Waals surface area contributed by atoms with Crippen LogP contribution in [0.15, 0.2) is 50.3 Å². The van der Waals surface area contributed by atoms with Gasteiger partial charge in [0, 0.05) is 5.57 Å². The lowest BCUT2D eigenvalue weighted by Gasteiger charge is -1.99. The predicted molar refractivity (Wildman–Crippen MR) is 95.0 cm³/mol. The summed E-state index contributed by atoms with van der Waals surface area (Å²) in [4.78, 5) is 27.5. The highest BCUT2D eigenvalue weighted by Crippen LogP contribution is 2.14. The second kappa shape index (κ2) is 5.94. The first-order valence-electron chi connectivity index (χ1n) is 7.09. The lowest BCUT2D eigenvalue weighted by Crippen LogP contribution is -2.47. The SMILES string of the molecule is N=c1/c(=C\c2ccc(Br)o2)c(=O)nc2sc(=C3C=CC(=O)C=C3)[nH]n1-2. The molecule has 0 saturated carbocycles. The third-order valence-electron chi connectivity index (χ3n) is 3.50. The topological polar surface area (TPSA) is 105 Å². The molecule has 9 heteroatoms. The first kappa shape index (κ1) is 15.7. The number of hydrogen-bond acceptors (Lipinski definition) is 6. The maximum atomic E-state index is 12.3.